The zero-order valence-corrected chi connectivity index (χ0v) is 12.0. The van der Waals surface area contributed by atoms with Crippen molar-refractivity contribution in [3.8, 4) is 6.07 Å². The molecule has 0 aliphatic carbocycles. The monoisotopic (exact) mass is 279 g/mol. The van der Waals surface area contributed by atoms with Gasteiger partial charge in [0.2, 0.25) is 0 Å². The summed E-state index contributed by atoms with van der Waals surface area (Å²) >= 11 is 0. The van der Waals surface area contributed by atoms with Gasteiger partial charge < -0.3 is 9.32 Å². The Morgan fingerprint density at radius 3 is 2.67 bits per heavy atom. The first kappa shape index (κ1) is 14.4. The van der Waals surface area contributed by atoms with E-state index in [2.05, 4.69) is 4.85 Å². The summed E-state index contributed by atoms with van der Waals surface area (Å²) in [6.07, 6.45) is 0. The van der Waals surface area contributed by atoms with Crippen LogP contribution in [0.5, 0.6) is 0 Å². The predicted octanol–water partition coefficient (Wildman–Crippen LogP) is 3.03. The lowest BCUT2D eigenvalue weighted by molar-refractivity contribution is 0.558. The van der Waals surface area contributed by atoms with Crippen LogP contribution in [0.4, 0.5) is 5.69 Å². The highest BCUT2D eigenvalue weighted by Gasteiger charge is 2.12. The Balaban J connectivity index is 2.71. The molecule has 0 aliphatic heterocycles. The van der Waals surface area contributed by atoms with E-state index < -0.39 is 5.63 Å². The number of benzene rings is 1. The number of nitrogens with zero attached hydrogens (tertiary/aromatic N) is 3. The fraction of sp³-hybridized carbons (Fsp3) is 0.188. The van der Waals surface area contributed by atoms with Crippen LogP contribution in [0.3, 0.4) is 0 Å². The number of hydrogen-bond acceptors (Lipinski definition) is 4. The van der Waals surface area contributed by atoms with E-state index in [4.69, 9.17) is 16.3 Å². The van der Waals surface area contributed by atoms with Crippen molar-refractivity contribution < 1.29 is 4.42 Å². The van der Waals surface area contributed by atoms with Gasteiger partial charge in [-0.1, -0.05) is 0 Å². The van der Waals surface area contributed by atoms with E-state index in [1.165, 1.54) is 0 Å². The second kappa shape index (κ2) is 5.52. The number of fused-ring (bicyclic) bond motifs is 1. The summed E-state index contributed by atoms with van der Waals surface area (Å²) < 4.78 is 5.32. The minimum atomic E-state index is -0.549. The highest BCUT2D eigenvalue weighted by molar-refractivity contribution is 5.84. The quantitative estimate of drug-likeness (QED) is 0.481. The molecule has 0 fully saturated rings. The molecular formula is C16H13N3O2. The van der Waals surface area contributed by atoms with E-state index in [1.807, 2.05) is 31.1 Å². The molecule has 1 heterocycles. The smallest absolute Gasteiger partial charge is 0.342 e. The Kier molecular flexibility index (Phi) is 3.77. The third kappa shape index (κ3) is 2.63. The van der Waals surface area contributed by atoms with Gasteiger partial charge in [-0.2, -0.15) is 0 Å². The molecular weight excluding hydrogens is 266 g/mol. The van der Waals surface area contributed by atoms with Gasteiger partial charge in [-0.25, -0.2) is 14.9 Å². The molecule has 5 nitrogen and oxygen atoms in total. The number of rotatable bonds is 2. The minimum Gasteiger partial charge on any atom is -0.422 e. The van der Waals surface area contributed by atoms with Crippen LogP contribution in [0.25, 0.3) is 21.4 Å². The highest BCUT2D eigenvalue weighted by Crippen LogP contribution is 2.23. The molecule has 0 atom stereocenters. The van der Waals surface area contributed by atoms with E-state index >= 15 is 0 Å². The van der Waals surface area contributed by atoms with Crippen LogP contribution in [0.15, 0.2) is 39.2 Å². The third-order valence-electron chi connectivity index (χ3n) is 3.21. The molecule has 1 aromatic carbocycles. The van der Waals surface area contributed by atoms with Gasteiger partial charge in [-0.15, -0.1) is 0 Å². The zero-order chi connectivity index (χ0) is 15.6. The SMILES string of the molecule is [C-]#[N+]C(C#N)=C(C)c1cc2ccc(N(C)C)cc2oc1=O. The van der Waals surface area contributed by atoms with Gasteiger partial charge in [0.1, 0.15) is 5.58 Å². The van der Waals surface area contributed by atoms with Crippen molar-refractivity contribution in [2.75, 3.05) is 19.0 Å². The zero-order valence-electron chi connectivity index (χ0n) is 12.0. The first-order valence-corrected chi connectivity index (χ1v) is 6.22. The van der Waals surface area contributed by atoms with Crippen molar-refractivity contribution in [1.29, 1.82) is 5.26 Å². The Labute approximate surface area is 122 Å². The van der Waals surface area contributed by atoms with Crippen molar-refractivity contribution in [3.05, 3.63) is 57.4 Å². The molecule has 2 aromatic rings. The molecule has 1 aromatic heterocycles. The van der Waals surface area contributed by atoms with E-state index in [0.29, 0.717) is 11.2 Å². The molecule has 0 radical (unpaired) electrons. The van der Waals surface area contributed by atoms with Gasteiger partial charge in [0.05, 0.1) is 18.2 Å². The van der Waals surface area contributed by atoms with Gasteiger partial charge >= 0.3 is 5.63 Å². The summed E-state index contributed by atoms with van der Waals surface area (Å²) in [5.41, 5.74) is 1.32. The van der Waals surface area contributed by atoms with Crippen LogP contribution in [0.1, 0.15) is 12.5 Å². The van der Waals surface area contributed by atoms with E-state index in [1.54, 1.807) is 25.1 Å². The summed E-state index contributed by atoms with van der Waals surface area (Å²) in [6.45, 7) is 8.53. The van der Waals surface area contributed by atoms with Gasteiger partial charge in [0, 0.05) is 31.2 Å². The largest absolute Gasteiger partial charge is 0.422 e. The van der Waals surface area contributed by atoms with Crippen molar-refractivity contribution in [2.24, 2.45) is 0 Å². The third-order valence-corrected chi connectivity index (χ3v) is 3.21. The van der Waals surface area contributed by atoms with Crippen molar-refractivity contribution in [1.82, 2.24) is 0 Å². The number of anilines is 1. The molecule has 0 spiro atoms. The molecule has 0 N–H and O–H groups in total. The molecule has 5 heteroatoms. The summed E-state index contributed by atoms with van der Waals surface area (Å²) in [5, 5.41) is 9.65. The molecule has 21 heavy (non-hydrogen) atoms. The summed E-state index contributed by atoms with van der Waals surface area (Å²) in [6, 6.07) is 8.97. The fourth-order valence-corrected chi connectivity index (χ4v) is 1.96. The molecule has 0 saturated heterocycles. The summed E-state index contributed by atoms with van der Waals surface area (Å²) in [5.74, 6) is 0. The Bertz CT molecular complexity index is 861. The van der Waals surface area contributed by atoms with Gasteiger partial charge in [-0.3, -0.25) is 0 Å². The summed E-state index contributed by atoms with van der Waals surface area (Å²) in [7, 11) is 3.80. The number of allylic oxidation sites excluding steroid dienone is 2. The van der Waals surface area contributed by atoms with Crippen molar-refractivity contribution in [2.45, 2.75) is 6.92 Å². The second-order valence-electron chi connectivity index (χ2n) is 4.76. The average Bonchev–Trinajstić information content (AvgIpc) is 2.46. The van der Waals surface area contributed by atoms with E-state index in [0.717, 1.165) is 11.1 Å². The molecule has 0 saturated carbocycles. The number of nitriles is 1. The molecule has 2 rings (SSSR count). The van der Waals surface area contributed by atoms with E-state index in [-0.39, 0.29) is 11.3 Å². The van der Waals surface area contributed by atoms with Crippen molar-refractivity contribution >= 4 is 22.2 Å². The van der Waals surface area contributed by atoms with Crippen LogP contribution in [-0.4, -0.2) is 14.1 Å². The molecule has 104 valence electrons. The minimum absolute atomic E-state index is 0.105. The normalized spacial score (nSPS) is 11.5. The van der Waals surface area contributed by atoms with Crippen LogP contribution >= 0.6 is 0 Å². The Hall–Kier alpha value is -3.05. The van der Waals surface area contributed by atoms with E-state index in [9.17, 15) is 4.79 Å². The molecule has 0 aliphatic rings. The maximum Gasteiger partial charge on any atom is 0.342 e. The average molecular weight is 279 g/mol. The lowest BCUT2D eigenvalue weighted by atomic mass is 10.1. The maximum atomic E-state index is 12.1. The second-order valence-corrected chi connectivity index (χ2v) is 4.76. The lowest BCUT2D eigenvalue weighted by Crippen LogP contribution is -2.09. The lowest BCUT2D eigenvalue weighted by Gasteiger charge is -2.12. The molecule has 0 bridgehead atoms. The molecule has 0 amide bonds. The molecule has 0 unspecified atom stereocenters. The predicted molar refractivity (Wildman–Crippen MR) is 81.6 cm³/mol. The Morgan fingerprint density at radius 1 is 1.38 bits per heavy atom. The highest BCUT2D eigenvalue weighted by atomic mass is 16.4. The van der Waals surface area contributed by atoms with Gasteiger partial charge in [-0.05, 0) is 30.7 Å². The first-order chi connectivity index (χ1) is 9.97. The maximum absolute atomic E-state index is 12.1. The van der Waals surface area contributed by atoms with Gasteiger partial charge in [0.25, 0.3) is 5.70 Å². The standard InChI is InChI=1S/C16H13N3O2/c1-10(14(9-17)18-2)13-7-11-5-6-12(19(3)4)8-15(11)21-16(13)20/h5-8H,1,3-4H3. The topological polar surface area (TPSA) is 61.6 Å². The number of hydrogen-bond donors (Lipinski definition) is 0. The van der Waals surface area contributed by atoms with Crippen LogP contribution in [-0.2, 0) is 0 Å². The van der Waals surface area contributed by atoms with Crippen LogP contribution in [0, 0.1) is 17.9 Å². The van der Waals surface area contributed by atoms with Crippen molar-refractivity contribution in [3.63, 3.8) is 0 Å². The summed E-state index contributed by atoms with van der Waals surface area (Å²) in [4.78, 5) is 17.1. The van der Waals surface area contributed by atoms with Gasteiger partial charge in [0.15, 0.2) is 0 Å². The van der Waals surface area contributed by atoms with Crippen LogP contribution < -0.4 is 10.5 Å². The fourth-order valence-electron chi connectivity index (χ4n) is 1.96. The Morgan fingerprint density at radius 2 is 2.10 bits per heavy atom. The first-order valence-electron chi connectivity index (χ1n) is 6.22. The van der Waals surface area contributed by atoms with Crippen LogP contribution in [0.2, 0.25) is 0 Å².